The van der Waals surface area contributed by atoms with Crippen molar-refractivity contribution in [3.63, 3.8) is 0 Å². The Labute approximate surface area is 166 Å². The van der Waals surface area contributed by atoms with Crippen molar-refractivity contribution >= 4 is 17.6 Å². The monoisotopic (exact) mass is 384 g/mol. The second-order valence-corrected chi connectivity index (χ2v) is 7.53. The number of ether oxygens (including phenoxy) is 2. The number of rotatable bonds is 7. The van der Waals surface area contributed by atoms with Gasteiger partial charge in [-0.1, -0.05) is 12.1 Å². The standard InChI is InChI=1S/C21H28N4O3/c1-16-5-4-6-17(11-16)24-22-14-18-12-19(25-7-9-27-10-8-25)13-20(23-18)28-15-21(2,3)26/h4-6,11-14,24,26H,7-10,15H2,1-3H3/b22-14+. The fourth-order valence-electron chi connectivity index (χ4n) is 2.79. The van der Waals surface area contributed by atoms with E-state index in [1.807, 2.05) is 43.3 Å². The van der Waals surface area contributed by atoms with E-state index in [-0.39, 0.29) is 6.61 Å². The van der Waals surface area contributed by atoms with Crippen LogP contribution in [0.4, 0.5) is 11.4 Å². The number of aliphatic hydroxyl groups is 1. The van der Waals surface area contributed by atoms with Gasteiger partial charge >= 0.3 is 0 Å². The number of hydrogen-bond donors (Lipinski definition) is 2. The van der Waals surface area contributed by atoms with E-state index in [0.29, 0.717) is 24.8 Å². The summed E-state index contributed by atoms with van der Waals surface area (Å²) in [6.07, 6.45) is 1.67. The Hall–Kier alpha value is -2.64. The lowest BCUT2D eigenvalue weighted by molar-refractivity contribution is 0.0268. The molecule has 150 valence electrons. The number of nitrogens with zero attached hydrogens (tertiary/aromatic N) is 3. The minimum absolute atomic E-state index is 0.157. The van der Waals surface area contributed by atoms with Gasteiger partial charge in [-0.3, -0.25) is 5.43 Å². The molecule has 0 radical (unpaired) electrons. The molecule has 7 heteroatoms. The lowest BCUT2D eigenvalue weighted by Gasteiger charge is -2.29. The van der Waals surface area contributed by atoms with Gasteiger partial charge in [-0.05, 0) is 44.5 Å². The van der Waals surface area contributed by atoms with Crippen LogP contribution in [0.1, 0.15) is 25.1 Å². The predicted molar refractivity (Wildman–Crippen MR) is 111 cm³/mol. The van der Waals surface area contributed by atoms with Gasteiger partial charge < -0.3 is 19.5 Å². The van der Waals surface area contributed by atoms with Gasteiger partial charge in [0.1, 0.15) is 6.61 Å². The zero-order chi connectivity index (χ0) is 20.0. The molecule has 7 nitrogen and oxygen atoms in total. The highest BCUT2D eigenvalue weighted by atomic mass is 16.5. The first-order chi connectivity index (χ1) is 13.4. The minimum atomic E-state index is -0.933. The molecule has 0 amide bonds. The van der Waals surface area contributed by atoms with Gasteiger partial charge in [0.05, 0.1) is 36.4 Å². The molecule has 0 unspecified atom stereocenters. The van der Waals surface area contributed by atoms with Crippen molar-refractivity contribution < 1.29 is 14.6 Å². The smallest absolute Gasteiger partial charge is 0.216 e. The Morgan fingerprint density at radius 3 is 2.79 bits per heavy atom. The molecule has 0 saturated carbocycles. The summed E-state index contributed by atoms with van der Waals surface area (Å²) in [7, 11) is 0. The van der Waals surface area contributed by atoms with Gasteiger partial charge in [-0.2, -0.15) is 5.10 Å². The third-order valence-corrected chi connectivity index (χ3v) is 4.16. The van der Waals surface area contributed by atoms with Crippen molar-refractivity contribution in [3.8, 4) is 5.88 Å². The summed E-state index contributed by atoms with van der Waals surface area (Å²) < 4.78 is 11.2. The van der Waals surface area contributed by atoms with Crippen LogP contribution in [-0.4, -0.2) is 54.8 Å². The number of anilines is 2. The molecule has 0 atom stereocenters. The Kier molecular flexibility index (Phi) is 6.49. The number of pyridine rings is 1. The summed E-state index contributed by atoms with van der Waals surface area (Å²) in [5.74, 6) is 0.461. The van der Waals surface area contributed by atoms with E-state index >= 15 is 0 Å². The highest BCUT2D eigenvalue weighted by Crippen LogP contribution is 2.22. The Morgan fingerprint density at radius 1 is 1.29 bits per heavy atom. The number of morpholine rings is 1. The lowest BCUT2D eigenvalue weighted by Crippen LogP contribution is -2.36. The first-order valence-electron chi connectivity index (χ1n) is 9.45. The Balaban J connectivity index is 1.78. The molecule has 0 spiro atoms. The SMILES string of the molecule is Cc1cccc(N/N=C/c2cc(N3CCOCC3)cc(OCC(C)(C)O)n2)c1. The van der Waals surface area contributed by atoms with Gasteiger partial charge in [0.2, 0.25) is 5.88 Å². The highest BCUT2D eigenvalue weighted by Gasteiger charge is 2.17. The van der Waals surface area contributed by atoms with Crippen LogP contribution in [0.3, 0.4) is 0 Å². The average Bonchev–Trinajstić information content (AvgIpc) is 2.67. The maximum atomic E-state index is 9.94. The predicted octanol–water partition coefficient (Wildman–Crippen LogP) is 2.82. The fourth-order valence-corrected chi connectivity index (χ4v) is 2.79. The molecular weight excluding hydrogens is 356 g/mol. The maximum absolute atomic E-state index is 9.94. The van der Waals surface area contributed by atoms with Crippen LogP contribution in [0.15, 0.2) is 41.5 Å². The molecule has 2 aromatic rings. The molecule has 1 fully saturated rings. The second kappa shape index (κ2) is 9.03. The summed E-state index contributed by atoms with van der Waals surface area (Å²) in [4.78, 5) is 6.73. The molecule has 2 heterocycles. The first kappa shape index (κ1) is 20.1. The molecule has 1 aliphatic rings. The Bertz CT molecular complexity index is 812. The molecule has 1 saturated heterocycles. The van der Waals surface area contributed by atoms with E-state index in [2.05, 4.69) is 20.4 Å². The van der Waals surface area contributed by atoms with Gasteiger partial charge in [0.15, 0.2) is 0 Å². The van der Waals surface area contributed by atoms with Crippen LogP contribution in [0, 0.1) is 6.92 Å². The maximum Gasteiger partial charge on any atom is 0.216 e. The number of hydrazone groups is 1. The van der Waals surface area contributed by atoms with Crippen molar-refractivity contribution in [1.29, 1.82) is 0 Å². The van der Waals surface area contributed by atoms with Crippen LogP contribution in [-0.2, 0) is 4.74 Å². The van der Waals surface area contributed by atoms with Crippen LogP contribution >= 0.6 is 0 Å². The van der Waals surface area contributed by atoms with Crippen LogP contribution in [0.5, 0.6) is 5.88 Å². The van der Waals surface area contributed by atoms with Gasteiger partial charge in [0.25, 0.3) is 0 Å². The normalized spacial score (nSPS) is 15.1. The third kappa shape index (κ3) is 6.21. The van der Waals surface area contributed by atoms with Crippen molar-refractivity contribution in [2.24, 2.45) is 5.10 Å². The van der Waals surface area contributed by atoms with E-state index < -0.39 is 5.60 Å². The molecule has 1 aliphatic heterocycles. The van der Waals surface area contributed by atoms with Crippen molar-refractivity contribution in [2.45, 2.75) is 26.4 Å². The first-order valence-corrected chi connectivity index (χ1v) is 9.45. The topological polar surface area (TPSA) is 79.2 Å². The summed E-state index contributed by atoms with van der Waals surface area (Å²) in [5, 5.41) is 14.2. The zero-order valence-electron chi connectivity index (χ0n) is 16.7. The Morgan fingerprint density at radius 2 is 2.07 bits per heavy atom. The van der Waals surface area contributed by atoms with E-state index in [9.17, 15) is 5.11 Å². The van der Waals surface area contributed by atoms with Gasteiger partial charge in [-0.15, -0.1) is 0 Å². The van der Waals surface area contributed by atoms with Crippen LogP contribution in [0.2, 0.25) is 0 Å². The number of nitrogens with one attached hydrogen (secondary N) is 1. The molecule has 2 N–H and O–H groups in total. The van der Waals surface area contributed by atoms with Crippen molar-refractivity contribution in [2.75, 3.05) is 43.2 Å². The molecular formula is C21H28N4O3. The summed E-state index contributed by atoms with van der Waals surface area (Å²) in [5.41, 5.74) is 5.85. The van der Waals surface area contributed by atoms with Crippen molar-refractivity contribution in [3.05, 3.63) is 47.7 Å². The summed E-state index contributed by atoms with van der Waals surface area (Å²) in [6, 6.07) is 11.9. The summed E-state index contributed by atoms with van der Waals surface area (Å²) >= 11 is 0. The van der Waals surface area contributed by atoms with Crippen LogP contribution in [0.25, 0.3) is 0 Å². The number of aryl methyl sites for hydroxylation is 1. The van der Waals surface area contributed by atoms with E-state index in [0.717, 1.165) is 30.0 Å². The second-order valence-electron chi connectivity index (χ2n) is 7.53. The quantitative estimate of drug-likeness (QED) is 0.565. The molecule has 0 aliphatic carbocycles. The molecule has 3 rings (SSSR count). The summed E-state index contributed by atoms with van der Waals surface area (Å²) in [6.45, 7) is 8.61. The van der Waals surface area contributed by atoms with E-state index in [1.165, 1.54) is 0 Å². The highest BCUT2D eigenvalue weighted by molar-refractivity contribution is 5.80. The molecule has 1 aromatic heterocycles. The van der Waals surface area contributed by atoms with Crippen molar-refractivity contribution in [1.82, 2.24) is 4.98 Å². The third-order valence-electron chi connectivity index (χ3n) is 4.16. The number of benzene rings is 1. The lowest BCUT2D eigenvalue weighted by atomic mass is 10.2. The van der Waals surface area contributed by atoms with Gasteiger partial charge in [-0.25, -0.2) is 4.98 Å². The van der Waals surface area contributed by atoms with E-state index in [4.69, 9.17) is 9.47 Å². The molecule has 28 heavy (non-hydrogen) atoms. The minimum Gasteiger partial charge on any atom is -0.475 e. The van der Waals surface area contributed by atoms with Gasteiger partial charge in [0, 0.05) is 24.8 Å². The number of hydrogen-bond acceptors (Lipinski definition) is 7. The average molecular weight is 384 g/mol. The molecule has 0 bridgehead atoms. The fraction of sp³-hybridized carbons (Fsp3) is 0.429. The zero-order valence-corrected chi connectivity index (χ0v) is 16.7. The number of aromatic nitrogens is 1. The van der Waals surface area contributed by atoms with E-state index in [1.54, 1.807) is 20.1 Å². The largest absolute Gasteiger partial charge is 0.475 e. The van der Waals surface area contributed by atoms with Crippen LogP contribution < -0.4 is 15.1 Å². The molecule has 1 aromatic carbocycles.